The fourth-order valence-electron chi connectivity index (χ4n) is 3.39. The van der Waals surface area contributed by atoms with Crippen molar-refractivity contribution < 1.29 is 4.39 Å². The lowest BCUT2D eigenvalue weighted by Crippen LogP contribution is -2.50. The van der Waals surface area contributed by atoms with Crippen LogP contribution in [0, 0.1) is 5.41 Å². The van der Waals surface area contributed by atoms with Gasteiger partial charge in [-0.25, -0.2) is 4.39 Å². The van der Waals surface area contributed by atoms with Gasteiger partial charge in [0.25, 0.3) is 0 Å². The number of allylic oxidation sites excluding steroid dienone is 3. The zero-order valence-corrected chi connectivity index (χ0v) is 16.6. The number of rotatable bonds is 6. The Morgan fingerprint density at radius 1 is 1.43 bits per heavy atom. The minimum absolute atomic E-state index is 0.0933. The molecule has 0 aromatic rings. The van der Waals surface area contributed by atoms with Gasteiger partial charge in [-0.15, -0.1) is 0 Å². The van der Waals surface area contributed by atoms with Crippen LogP contribution in [-0.4, -0.2) is 55.1 Å². The van der Waals surface area contributed by atoms with Gasteiger partial charge in [0.1, 0.15) is 5.83 Å². The van der Waals surface area contributed by atoms with Crippen molar-refractivity contribution in [3.05, 3.63) is 59.5 Å². The fraction of sp³-hybridized carbons (Fsp3) is 0.429. The van der Waals surface area contributed by atoms with E-state index in [1.165, 1.54) is 6.08 Å². The molecular formula is C21H29FN6. The van der Waals surface area contributed by atoms with Crippen molar-refractivity contribution in [1.82, 2.24) is 20.9 Å². The fourth-order valence-corrected chi connectivity index (χ4v) is 3.39. The Morgan fingerprint density at radius 2 is 2.29 bits per heavy atom. The van der Waals surface area contributed by atoms with Crippen LogP contribution in [0.3, 0.4) is 0 Å². The maximum Gasteiger partial charge on any atom is 0.130 e. The molecule has 3 aliphatic rings. The lowest BCUT2D eigenvalue weighted by atomic mass is 10.0. The summed E-state index contributed by atoms with van der Waals surface area (Å²) >= 11 is 0. The highest BCUT2D eigenvalue weighted by Gasteiger charge is 2.24. The molecule has 0 bridgehead atoms. The monoisotopic (exact) mass is 384 g/mol. The van der Waals surface area contributed by atoms with E-state index in [0.29, 0.717) is 23.9 Å². The molecule has 3 rings (SSSR count). The van der Waals surface area contributed by atoms with Gasteiger partial charge in [-0.3, -0.25) is 10.4 Å². The molecule has 2 aliphatic heterocycles. The van der Waals surface area contributed by atoms with Crippen molar-refractivity contribution in [2.45, 2.75) is 26.3 Å². The van der Waals surface area contributed by atoms with E-state index in [1.807, 2.05) is 19.2 Å². The standard InChI is InChI=1S/C21H29FN6/c1-3-4-6-26-19-10-16(17(22)11-18(19)23)13-27-20-14-24-7-5-21(20)28-9-8-25-12-15(28)2/h4-6,10-11,14-15,23-25,27H,3,7-9,12-13H2,1-2H3/b6-4-,23-18?,26-19?. The topological polar surface area (TPSA) is 75.5 Å². The predicted octanol–water partition coefficient (Wildman–Crippen LogP) is 2.38. The van der Waals surface area contributed by atoms with E-state index < -0.39 is 0 Å². The summed E-state index contributed by atoms with van der Waals surface area (Å²) in [5, 5.41) is 17.9. The molecule has 0 amide bonds. The van der Waals surface area contributed by atoms with Crippen LogP contribution >= 0.6 is 0 Å². The Morgan fingerprint density at radius 3 is 3.07 bits per heavy atom. The van der Waals surface area contributed by atoms with Crippen LogP contribution in [0.4, 0.5) is 4.39 Å². The Bertz CT molecular complexity index is 787. The third-order valence-corrected chi connectivity index (χ3v) is 4.94. The summed E-state index contributed by atoms with van der Waals surface area (Å²) in [5.74, 6) is -0.388. The zero-order chi connectivity index (χ0) is 19.9. The molecule has 1 aliphatic carbocycles. The van der Waals surface area contributed by atoms with Gasteiger partial charge in [0.05, 0.1) is 22.8 Å². The molecule has 150 valence electrons. The van der Waals surface area contributed by atoms with Crippen LogP contribution in [0.5, 0.6) is 0 Å². The highest BCUT2D eigenvalue weighted by Crippen LogP contribution is 2.21. The molecule has 0 aromatic carbocycles. The van der Waals surface area contributed by atoms with Crippen LogP contribution in [0.25, 0.3) is 0 Å². The molecule has 4 N–H and O–H groups in total. The number of aliphatic imine (C=N–C) groups is 1. The molecule has 1 fully saturated rings. The van der Waals surface area contributed by atoms with E-state index in [0.717, 1.165) is 44.0 Å². The van der Waals surface area contributed by atoms with Gasteiger partial charge in [0.2, 0.25) is 0 Å². The second-order valence-corrected chi connectivity index (χ2v) is 7.04. The summed E-state index contributed by atoms with van der Waals surface area (Å²) < 4.78 is 14.4. The van der Waals surface area contributed by atoms with Gasteiger partial charge < -0.3 is 20.9 Å². The minimum atomic E-state index is -0.388. The van der Waals surface area contributed by atoms with Crippen LogP contribution in [0.1, 0.15) is 20.3 Å². The first-order valence-electron chi connectivity index (χ1n) is 9.85. The van der Waals surface area contributed by atoms with Crippen molar-refractivity contribution in [3.8, 4) is 0 Å². The number of hydrogen-bond acceptors (Lipinski definition) is 6. The lowest BCUT2D eigenvalue weighted by Gasteiger charge is -2.39. The van der Waals surface area contributed by atoms with Gasteiger partial charge in [0, 0.05) is 62.8 Å². The van der Waals surface area contributed by atoms with E-state index in [1.54, 1.807) is 12.3 Å². The van der Waals surface area contributed by atoms with E-state index in [4.69, 9.17) is 5.41 Å². The molecule has 28 heavy (non-hydrogen) atoms. The van der Waals surface area contributed by atoms with Crippen molar-refractivity contribution in [1.29, 1.82) is 5.41 Å². The number of dihydropyridines is 1. The van der Waals surface area contributed by atoms with Crippen molar-refractivity contribution in [2.24, 2.45) is 4.99 Å². The minimum Gasteiger partial charge on any atom is -0.386 e. The summed E-state index contributed by atoms with van der Waals surface area (Å²) in [4.78, 5) is 6.66. The van der Waals surface area contributed by atoms with Crippen molar-refractivity contribution in [3.63, 3.8) is 0 Å². The number of hydrogen-bond donors (Lipinski definition) is 4. The number of halogens is 1. The largest absolute Gasteiger partial charge is 0.386 e. The second kappa shape index (κ2) is 9.50. The number of piperazine rings is 1. The lowest BCUT2D eigenvalue weighted by molar-refractivity contribution is 0.224. The first-order valence-corrected chi connectivity index (χ1v) is 9.85. The quantitative estimate of drug-likeness (QED) is 0.531. The van der Waals surface area contributed by atoms with Crippen LogP contribution in [-0.2, 0) is 0 Å². The molecule has 1 atom stereocenters. The zero-order valence-electron chi connectivity index (χ0n) is 16.6. The molecule has 0 aromatic heterocycles. The van der Waals surface area contributed by atoms with Gasteiger partial charge in [-0.1, -0.05) is 13.0 Å². The first-order chi connectivity index (χ1) is 13.6. The molecule has 1 saturated heterocycles. The van der Waals surface area contributed by atoms with Gasteiger partial charge in [-0.2, -0.15) is 0 Å². The molecular weight excluding hydrogens is 355 g/mol. The van der Waals surface area contributed by atoms with Crippen LogP contribution in [0.15, 0.2) is 64.5 Å². The highest BCUT2D eigenvalue weighted by atomic mass is 19.1. The number of nitrogens with one attached hydrogen (secondary N) is 4. The van der Waals surface area contributed by atoms with E-state index in [-0.39, 0.29) is 11.5 Å². The Balaban J connectivity index is 1.71. The molecule has 0 radical (unpaired) electrons. The summed E-state index contributed by atoms with van der Waals surface area (Å²) in [6.07, 6.45) is 11.5. The molecule has 0 saturated carbocycles. The van der Waals surface area contributed by atoms with Crippen LogP contribution in [0.2, 0.25) is 0 Å². The van der Waals surface area contributed by atoms with Crippen LogP contribution < -0.4 is 16.0 Å². The molecule has 6 nitrogen and oxygen atoms in total. The molecule has 1 unspecified atom stereocenters. The van der Waals surface area contributed by atoms with E-state index in [2.05, 4.69) is 38.8 Å². The Kier molecular flexibility index (Phi) is 6.81. The third kappa shape index (κ3) is 4.78. The molecule has 2 heterocycles. The summed E-state index contributed by atoms with van der Waals surface area (Å²) in [5.41, 5.74) is 3.18. The van der Waals surface area contributed by atoms with E-state index in [9.17, 15) is 4.39 Å². The maximum atomic E-state index is 14.4. The maximum absolute atomic E-state index is 14.4. The molecule has 0 spiro atoms. The summed E-state index contributed by atoms with van der Waals surface area (Å²) in [6, 6.07) is 0.401. The summed E-state index contributed by atoms with van der Waals surface area (Å²) in [7, 11) is 0. The Hall–Kier alpha value is -2.67. The van der Waals surface area contributed by atoms with Gasteiger partial charge >= 0.3 is 0 Å². The van der Waals surface area contributed by atoms with Gasteiger partial charge in [0.15, 0.2) is 0 Å². The molecule has 7 heteroatoms. The normalized spacial score (nSPS) is 24.5. The van der Waals surface area contributed by atoms with Crippen molar-refractivity contribution in [2.75, 3.05) is 32.7 Å². The smallest absolute Gasteiger partial charge is 0.130 e. The second-order valence-electron chi connectivity index (χ2n) is 7.04. The number of nitrogens with zero attached hydrogens (tertiary/aromatic N) is 2. The summed E-state index contributed by atoms with van der Waals surface area (Å²) in [6.45, 7) is 8.19. The SMILES string of the molecule is CC/C=C\N=C1C=C(CNC2=CNCC=C2N2CCNCC2C)C(F)=CC1=N. The van der Waals surface area contributed by atoms with Gasteiger partial charge in [-0.05, 0) is 25.5 Å². The average Bonchev–Trinajstić information content (AvgIpc) is 2.70. The average molecular weight is 385 g/mol. The van der Waals surface area contributed by atoms with Crippen molar-refractivity contribution >= 4 is 11.4 Å². The highest BCUT2D eigenvalue weighted by molar-refractivity contribution is 6.50. The van der Waals surface area contributed by atoms with E-state index >= 15 is 0 Å². The third-order valence-electron chi connectivity index (χ3n) is 4.94. The first kappa shape index (κ1) is 20.1. The Labute approximate surface area is 166 Å². The predicted molar refractivity (Wildman–Crippen MR) is 113 cm³/mol.